The Balaban J connectivity index is 2.37. The maximum Gasteiger partial charge on any atom is 0.151 e. The summed E-state index contributed by atoms with van der Waals surface area (Å²) in [6, 6.07) is 12.5. The first kappa shape index (κ1) is 12.9. The molecule has 0 bridgehead atoms. The van der Waals surface area contributed by atoms with Crippen LogP contribution in [0.5, 0.6) is 11.5 Å². The molecule has 0 unspecified atom stereocenters. The van der Waals surface area contributed by atoms with Crippen LogP contribution < -0.4 is 10.5 Å². The zero-order chi connectivity index (χ0) is 13.1. The van der Waals surface area contributed by atoms with Crippen molar-refractivity contribution in [2.45, 2.75) is 0 Å². The lowest BCUT2D eigenvalue weighted by Gasteiger charge is -2.10. The first-order valence-corrected chi connectivity index (χ1v) is 6.61. The molecule has 3 nitrogen and oxygen atoms in total. The van der Waals surface area contributed by atoms with Crippen LogP contribution in [0.25, 0.3) is 0 Å². The Morgan fingerprint density at radius 2 is 1.83 bits per heavy atom. The Hall–Kier alpha value is -1.51. The third kappa shape index (κ3) is 2.84. The van der Waals surface area contributed by atoms with Crippen LogP contribution in [0.15, 0.2) is 45.3 Å². The second-order valence-corrected chi connectivity index (χ2v) is 5.31. The van der Waals surface area contributed by atoms with E-state index in [4.69, 9.17) is 15.7 Å². The third-order valence-electron chi connectivity index (χ3n) is 2.26. The molecule has 0 saturated carbocycles. The number of halogens is 2. The van der Waals surface area contributed by atoms with Gasteiger partial charge in [-0.3, -0.25) is 0 Å². The molecule has 2 N–H and O–H groups in total. The molecule has 2 rings (SSSR count). The summed E-state index contributed by atoms with van der Waals surface area (Å²) in [6.07, 6.45) is 0. The van der Waals surface area contributed by atoms with Gasteiger partial charge >= 0.3 is 0 Å². The molecule has 0 aromatic heterocycles. The topological polar surface area (TPSA) is 59.0 Å². The monoisotopic (exact) mass is 366 g/mol. The molecule has 0 radical (unpaired) electrons. The van der Waals surface area contributed by atoms with Crippen LogP contribution in [0, 0.1) is 11.3 Å². The fraction of sp³-hybridized carbons (Fsp3) is 0. The van der Waals surface area contributed by atoms with Gasteiger partial charge in [-0.1, -0.05) is 15.9 Å². The molecule has 0 fully saturated rings. The average Bonchev–Trinajstić information content (AvgIpc) is 2.35. The molecule has 0 aliphatic rings. The number of hydrogen-bond acceptors (Lipinski definition) is 3. The number of nitrogens with two attached hydrogens (primary N) is 1. The van der Waals surface area contributed by atoms with Gasteiger partial charge in [-0.25, -0.2) is 0 Å². The molecule has 0 aliphatic heterocycles. The van der Waals surface area contributed by atoms with E-state index >= 15 is 0 Å². The van der Waals surface area contributed by atoms with Crippen molar-refractivity contribution in [1.82, 2.24) is 0 Å². The van der Waals surface area contributed by atoms with Gasteiger partial charge in [0, 0.05) is 10.5 Å². The highest BCUT2D eigenvalue weighted by molar-refractivity contribution is 9.11. The van der Waals surface area contributed by atoms with E-state index in [1.807, 2.05) is 24.3 Å². The number of rotatable bonds is 2. The van der Waals surface area contributed by atoms with Gasteiger partial charge in [-0.05, 0) is 46.3 Å². The van der Waals surface area contributed by atoms with Crippen molar-refractivity contribution in [2.24, 2.45) is 0 Å². The molecule has 0 heterocycles. The minimum Gasteiger partial charge on any atom is -0.454 e. The van der Waals surface area contributed by atoms with Gasteiger partial charge in [0.2, 0.25) is 0 Å². The van der Waals surface area contributed by atoms with E-state index in [1.54, 1.807) is 18.2 Å². The summed E-state index contributed by atoms with van der Waals surface area (Å²) in [5.41, 5.74) is 6.81. The predicted molar refractivity (Wildman–Crippen MR) is 77.5 cm³/mol. The minimum atomic E-state index is 0.470. The van der Waals surface area contributed by atoms with Crippen molar-refractivity contribution >= 4 is 37.5 Å². The van der Waals surface area contributed by atoms with Crippen molar-refractivity contribution in [3.8, 4) is 17.6 Å². The van der Waals surface area contributed by atoms with Crippen molar-refractivity contribution in [3.63, 3.8) is 0 Å². The zero-order valence-corrected chi connectivity index (χ0v) is 12.3. The molecular formula is C13H8Br2N2O. The van der Waals surface area contributed by atoms with E-state index in [0.29, 0.717) is 22.7 Å². The lowest BCUT2D eigenvalue weighted by atomic mass is 10.2. The van der Waals surface area contributed by atoms with Crippen molar-refractivity contribution in [1.29, 1.82) is 5.26 Å². The van der Waals surface area contributed by atoms with Crippen LogP contribution in [0.1, 0.15) is 5.56 Å². The van der Waals surface area contributed by atoms with Gasteiger partial charge in [-0.2, -0.15) is 5.26 Å². The maximum atomic E-state index is 8.85. The quantitative estimate of drug-likeness (QED) is 0.797. The highest BCUT2D eigenvalue weighted by Gasteiger charge is 2.07. The summed E-state index contributed by atoms with van der Waals surface area (Å²) in [5.74, 6) is 1.11. The number of ether oxygens (including phenoxy) is 1. The molecule has 2 aromatic carbocycles. The molecular weight excluding hydrogens is 360 g/mol. The van der Waals surface area contributed by atoms with Gasteiger partial charge in [0.25, 0.3) is 0 Å². The fourth-order valence-corrected chi connectivity index (χ4v) is 2.50. The van der Waals surface area contributed by atoms with E-state index in [9.17, 15) is 0 Å². The maximum absolute atomic E-state index is 8.85. The molecule has 0 aliphatic carbocycles. The standard InChI is InChI=1S/C13H8Br2N2O/c14-9-2-4-12(10(15)6-9)18-13-5-8(7-16)1-3-11(13)17/h1-6H,17H2. The zero-order valence-electron chi connectivity index (χ0n) is 9.15. The van der Waals surface area contributed by atoms with Crippen molar-refractivity contribution in [2.75, 3.05) is 5.73 Å². The van der Waals surface area contributed by atoms with E-state index in [1.165, 1.54) is 0 Å². The van der Waals surface area contributed by atoms with Crippen LogP contribution in [0.2, 0.25) is 0 Å². The van der Waals surface area contributed by atoms with Gasteiger partial charge in [-0.15, -0.1) is 0 Å². The summed E-state index contributed by atoms with van der Waals surface area (Å²) in [5, 5.41) is 8.85. The normalized spacial score (nSPS) is 9.83. The number of anilines is 1. The van der Waals surface area contributed by atoms with E-state index in [-0.39, 0.29) is 0 Å². The second kappa shape index (κ2) is 5.42. The third-order valence-corrected chi connectivity index (χ3v) is 3.37. The minimum absolute atomic E-state index is 0.470. The van der Waals surface area contributed by atoms with Crippen LogP contribution in [-0.4, -0.2) is 0 Å². The Labute approximate surface area is 121 Å². The number of nitriles is 1. The van der Waals surface area contributed by atoms with Crippen LogP contribution in [0.4, 0.5) is 5.69 Å². The van der Waals surface area contributed by atoms with Crippen LogP contribution in [0.3, 0.4) is 0 Å². The first-order valence-electron chi connectivity index (χ1n) is 5.02. The molecule has 0 atom stereocenters. The fourth-order valence-electron chi connectivity index (χ4n) is 1.37. The first-order chi connectivity index (χ1) is 8.60. The summed E-state index contributed by atoms with van der Waals surface area (Å²) >= 11 is 6.77. The Bertz CT molecular complexity index is 635. The van der Waals surface area contributed by atoms with E-state index in [2.05, 4.69) is 31.9 Å². The molecule has 0 amide bonds. The SMILES string of the molecule is N#Cc1ccc(N)c(Oc2ccc(Br)cc2Br)c1. The summed E-state index contributed by atoms with van der Waals surface area (Å²) in [7, 11) is 0. The molecule has 90 valence electrons. The Kier molecular flexibility index (Phi) is 3.90. The van der Waals surface area contributed by atoms with Crippen LogP contribution in [-0.2, 0) is 0 Å². The summed E-state index contributed by atoms with van der Waals surface area (Å²) in [6.45, 7) is 0. The molecule has 2 aromatic rings. The number of benzene rings is 2. The number of nitrogen functional groups attached to an aromatic ring is 1. The number of hydrogen-bond donors (Lipinski definition) is 1. The highest BCUT2D eigenvalue weighted by Crippen LogP contribution is 2.34. The molecule has 0 spiro atoms. The summed E-state index contributed by atoms with van der Waals surface area (Å²) < 4.78 is 7.44. The van der Waals surface area contributed by atoms with E-state index < -0.39 is 0 Å². The molecule has 18 heavy (non-hydrogen) atoms. The second-order valence-electron chi connectivity index (χ2n) is 3.54. The smallest absolute Gasteiger partial charge is 0.151 e. The lowest BCUT2D eigenvalue weighted by Crippen LogP contribution is -1.93. The molecule has 0 saturated heterocycles. The Morgan fingerprint density at radius 3 is 2.50 bits per heavy atom. The van der Waals surface area contributed by atoms with Gasteiger partial charge in [0.05, 0.1) is 21.8 Å². The predicted octanol–water partition coefficient (Wildman–Crippen LogP) is 4.46. The van der Waals surface area contributed by atoms with Crippen molar-refractivity contribution < 1.29 is 4.74 Å². The van der Waals surface area contributed by atoms with Gasteiger partial charge in [0.15, 0.2) is 5.75 Å². The molecule has 5 heteroatoms. The Morgan fingerprint density at radius 1 is 1.06 bits per heavy atom. The largest absolute Gasteiger partial charge is 0.454 e. The van der Waals surface area contributed by atoms with Gasteiger partial charge in [0.1, 0.15) is 5.75 Å². The van der Waals surface area contributed by atoms with Crippen molar-refractivity contribution in [3.05, 3.63) is 50.9 Å². The summed E-state index contributed by atoms with van der Waals surface area (Å²) in [4.78, 5) is 0. The van der Waals surface area contributed by atoms with Crippen LogP contribution >= 0.6 is 31.9 Å². The van der Waals surface area contributed by atoms with E-state index in [0.717, 1.165) is 8.95 Å². The average molecular weight is 368 g/mol. The number of nitrogens with zero attached hydrogens (tertiary/aromatic N) is 1. The van der Waals surface area contributed by atoms with Gasteiger partial charge < -0.3 is 10.5 Å². The lowest BCUT2D eigenvalue weighted by molar-refractivity contribution is 0.482. The highest BCUT2D eigenvalue weighted by atomic mass is 79.9.